The molecule has 2 N–H and O–H groups in total. The van der Waals surface area contributed by atoms with E-state index in [1.807, 2.05) is 6.26 Å². The number of hydrogen-bond acceptors (Lipinski definition) is 4. The van der Waals surface area contributed by atoms with Crippen LogP contribution in [0.15, 0.2) is 0 Å². The number of carbonyl (C=O) groups is 3. The van der Waals surface area contributed by atoms with Crippen molar-refractivity contribution in [3.63, 3.8) is 0 Å². The molecule has 1 saturated heterocycles. The van der Waals surface area contributed by atoms with E-state index < -0.39 is 17.9 Å². The van der Waals surface area contributed by atoms with Crippen LogP contribution >= 0.6 is 11.8 Å². The van der Waals surface area contributed by atoms with Crippen molar-refractivity contribution >= 4 is 29.5 Å². The number of thioether (sulfide) groups is 1. The van der Waals surface area contributed by atoms with Gasteiger partial charge in [-0.25, -0.2) is 4.79 Å². The molecular weight excluding hydrogens is 256 g/mol. The van der Waals surface area contributed by atoms with Crippen LogP contribution in [-0.2, 0) is 14.4 Å². The standard InChI is InChI=1S/C11H18N2O4S/c1-13-6-7(5-9(13)14)10(15)12-8(11(16)17)3-4-18-2/h7-8H,3-6H2,1-2H3,(H,12,15)(H,16,17)/t7?,8-/m1/s1. The summed E-state index contributed by atoms with van der Waals surface area (Å²) >= 11 is 1.53. The van der Waals surface area contributed by atoms with E-state index in [-0.39, 0.29) is 18.2 Å². The molecule has 1 aliphatic heterocycles. The number of hydrogen-bond donors (Lipinski definition) is 2. The number of carboxylic acid groups (broad SMARTS) is 1. The first-order valence-corrected chi connectivity index (χ1v) is 7.11. The quantitative estimate of drug-likeness (QED) is 0.699. The first kappa shape index (κ1) is 14.8. The fourth-order valence-corrected chi connectivity index (χ4v) is 2.29. The number of carbonyl (C=O) groups excluding carboxylic acids is 2. The lowest BCUT2D eigenvalue weighted by Crippen LogP contribution is -2.44. The van der Waals surface area contributed by atoms with Gasteiger partial charge in [-0.15, -0.1) is 0 Å². The monoisotopic (exact) mass is 274 g/mol. The van der Waals surface area contributed by atoms with Crippen LogP contribution in [0, 0.1) is 5.92 Å². The third-order valence-electron chi connectivity index (χ3n) is 2.94. The molecule has 0 bridgehead atoms. The first-order valence-electron chi connectivity index (χ1n) is 5.71. The second kappa shape index (κ2) is 6.63. The zero-order valence-corrected chi connectivity index (χ0v) is 11.3. The van der Waals surface area contributed by atoms with Crippen molar-refractivity contribution in [2.24, 2.45) is 5.92 Å². The van der Waals surface area contributed by atoms with Crippen molar-refractivity contribution in [1.82, 2.24) is 10.2 Å². The largest absolute Gasteiger partial charge is 0.480 e. The van der Waals surface area contributed by atoms with Crippen LogP contribution in [0.2, 0.25) is 0 Å². The Morgan fingerprint density at radius 2 is 2.28 bits per heavy atom. The van der Waals surface area contributed by atoms with Crippen molar-refractivity contribution in [1.29, 1.82) is 0 Å². The number of nitrogens with one attached hydrogen (secondary N) is 1. The summed E-state index contributed by atoms with van der Waals surface area (Å²) in [7, 11) is 1.64. The SMILES string of the molecule is CSCC[C@@H](NC(=O)C1CC(=O)N(C)C1)C(=O)O. The molecule has 1 heterocycles. The molecule has 18 heavy (non-hydrogen) atoms. The van der Waals surface area contributed by atoms with Crippen LogP contribution < -0.4 is 5.32 Å². The van der Waals surface area contributed by atoms with Crippen LogP contribution in [0.3, 0.4) is 0 Å². The lowest BCUT2D eigenvalue weighted by Gasteiger charge is -2.16. The Labute approximate surface area is 110 Å². The van der Waals surface area contributed by atoms with Gasteiger partial charge in [0.25, 0.3) is 0 Å². The van der Waals surface area contributed by atoms with Crippen LogP contribution in [0.1, 0.15) is 12.8 Å². The molecule has 6 nitrogen and oxygen atoms in total. The Balaban J connectivity index is 2.51. The molecule has 102 valence electrons. The van der Waals surface area contributed by atoms with Crippen LogP contribution in [0.5, 0.6) is 0 Å². The molecule has 1 rings (SSSR count). The van der Waals surface area contributed by atoms with Gasteiger partial charge in [0.2, 0.25) is 11.8 Å². The van der Waals surface area contributed by atoms with Gasteiger partial charge in [0.05, 0.1) is 5.92 Å². The minimum atomic E-state index is -1.03. The highest BCUT2D eigenvalue weighted by molar-refractivity contribution is 7.98. The summed E-state index contributed by atoms with van der Waals surface area (Å²) in [5.74, 6) is -1.22. The first-order chi connectivity index (χ1) is 8.45. The minimum Gasteiger partial charge on any atom is -0.480 e. The van der Waals surface area contributed by atoms with Crippen LogP contribution in [-0.4, -0.2) is 59.4 Å². The number of likely N-dealkylation sites (tertiary alicyclic amines) is 1. The van der Waals surface area contributed by atoms with E-state index in [4.69, 9.17) is 5.11 Å². The maximum absolute atomic E-state index is 11.9. The third-order valence-corrected chi connectivity index (χ3v) is 3.58. The van der Waals surface area contributed by atoms with Gasteiger partial charge >= 0.3 is 5.97 Å². The van der Waals surface area contributed by atoms with Gasteiger partial charge in [0.1, 0.15) is 6.04 Å². The van der Waals surface area contributed by atoms with Gasteiger partial charge in [-0.2, -0.15) is 11.8 Å². The van der Waals surface area contributed by atoms with Crippen LogP contribution in [0.4, 0.5) is 0 Å². The van der Waals surface area contributed by atoms with Gasteiger partial charge in [0, 0.05) is 20.0 Å². The Morgan fingerprint density at radius 1 is 1.61 bits per heavy atom. The molecule has 1 fully saturated rings. The molecule has 7 heteroatoms. The van der Waals surface area contributed by atoms with Crippen molar-refractivity contribution in [3.8, 4) is 0 Å². The molecule has 1 aliphatic rings. The van der Waals surface area contributed by atoms with Gasteiger partial charge in [-0.1, -0.05) is 0 Å². The van der Waals surface area contributed by atoms with Crippen molar-refractivity contribution < 1.29 is 19.5 Å². The summed E-state index contributed by atoms with van der Waals surface area (Å²) < 4.78 is 0. The summed E-state index contributed by atoms with van der Waals surface area (Å²) in [5.41, 5.74) is 0. The number of carboxylic acids is 1. The summed E-state index contributed by atoms with van der Waals surface area (Å²) in [6.45, 7) is 0.361. The Hall–Kier alpha value is -1.24. The maximum atomic E-state index is 11.9. The molecule has 0 spiro atoms. The molecule has 0 saturated carbocycles. The molecule has 0 radical (unpaired) electrons. The average molecular weight is 274 g/mol. The Bertz CT molecular complexity index is 348. The summed E-state index contributed by atoms with van der Waals surface area (Å²) in [5, 5.41) is 11.5. The van der Waals surface area contributed by atoms with E-state index in [0.717, 1.165) is 0 Å². The normalized spacial score (nSPS) is 20.9. The highest BCUT2D eigenvalue weighted by atomic mass is 32.2. The van der Waals surface area contributed by atoms with E-state index in [1.165, 1.54) is 16.7 Å². The fraction of sp³-hybridized carbons (Fsp3) is 0.727. The highest BCUT2D eigenvalue weighted by Gasteiger charge is 2.33. The second-order valence-electron chi connectivity index (χ2n) is 4.36. The van der Waals surface area contributed by atoms with Crippen molar-refractivity contribution in [2.45, 2.75) is 18.9 Å². The number of aliphatic carboxylic acids is 1. The predicted molar refractivity (Wildman–Crippen MR) is 68.3 cm³/mol. The summed E-state index contributed by atoms with van der Waals surface area (Å²) in [6, 6.07) is -0.869. The van der Waals surface area contributed by atoms with E-state index >= 15 is 0 Å². The molecule has 0 aromatic rings. The smallest absolute Gasteiger partial charge is 0.326 e. The zero-order chi connectivity index (χ0) is 13.7. The third kappa shape index (κ3) is 3.90. The van der Waals surface area contributed by atoms with E-state index in [0.29, 0.717) is 18.7 Å². The topological polar surface area (TPSA) is 86.7 Å². The summed E-state index contributed by atoms with van der Waals surface area (Å²) in [4.78, 5) is 35.6. The average Bonchev–Trinajstić information content (AvgIpc) is 2.64. The highest BCUT2D eigenvalue weighted by Crippen LogP contribution is 2.16. The Kier molecular flexibility index (Phi) is 5.46. The minimum absolute atomic E-state index is 0.0776. The molecule has 2 amide bonds. The van der Waals surface area contributed by atoms with Crippen LogP contribution in [0.25, 0.3) is 0 Å². The zero-order valence-electron chi connectivity index (χ0n) is 10.5. The molecule has 0 aromatic carbocycles. The van der Waals surface area contributed by atoms with Crippen molar-refractivity contribution in [2.75, 3.05) is 25.6 Å². The molecule has 1 unspecified atom stereocenters. The number of amides is 2. The lowest BCUT2D eigenvalue weighted by atomic mass is 10.1. The van der Waals surface area contributed by atoms with Gasteiger partial charge < -0.3 is 15.3 Å². The molecule has 0 aliphatic carbocycles. The molecular formula is C11H18N2O4S. The van der Waals surface area contributed by atoms with Gasteiger partial charge in [0.15, 0.2) is 0 Å². The second-order valence-corrected chi connectivity index (χ2v) is 5.34. The lowest BCUT2D eigenvalue weighted by molar-refractivity contribution is -0.142. The van der Waals surface area contributed by atoms with Crippen molar-refractivity contribution in [3.05, 3.63) is 0 Å². The molecule has 0 aromatic heterocycles. The van der Waals surface area contributed by atoms with E-state index in [1.54, 1.807) is 7.05 Å². The van der Waals surface area contributed by atoms with Gasteiger partial charge in [-0.3, -0.25) is 9.59 Å². The number of rotatable bonds is 6. The number of nitrogens with zero attached hydrogens (tertiary/aromatic N) is 1. The van der Waals surface area contributed by atoms with Gasteiger partial charge in [-0.05, 0) is 18.4 Å². The fourth-order valence-electron chi connectivity index (χ4n) is 1.82. The van der Waals surface area contributed by atoms with E-state index in [2.05, 4.69) is 5.32 Å². The Morgan fingerprint density at radius 3 is 2.72 bits per heavy atom. The van der Waals surface area contributed by atoms with E-state index in [9.17, 15) is 14.4 Å². The predicted octanol–water partition coefficient (Wildman–Crippen LogP) is -0.213. The maximum Gasteiger partial charge on any atom is 0.326 e. The molecule has 2 atom stereocenters. The summed E-state index contributed by atoms with van der Waals surface area (Å²) in [6.07, 6.45) is 2.43.